The average Bonchev–Trinajstić information content (AvgIpc) is 2.58. The van der Waals surface area contributed by atoms with Crippen LogP contribution < -0.4 is 0 Å². The van der Waals surface area contributed by atoms with Crippen molar-refractivity contribution < 1.29 is 27.5 Å². The van der Waals surface area contributed by atoms with Crippen molar-refractivity contribution in [1.82, 2.24) is 4.98 Å². The van der Waals surface area contributed by atoms with Gasteiger partial charge in [-0.25, -0.2) is 9.78 Å². The standard InChI is InChI=1S/C17H10F3NO3/c1-24-16(23)14-7-3-6-13(21-14)15(22)9-8-11-4-2-5-12(10-11)17(18,19)20/h2-7,10H,1H3. The number of nitrogens with zero attached hydrogens (tertiary/aromatic N) is 1. The molecule has 1 aromatic heterocycles. The van der Waals surface area contributed by atoms with Gasteiger partial charge in [0.25, 0.3) is 5.78 Å². The molecule has 0 radical (unpaired) electrons. The Morgan fingerprint density at radius 1 is 1.08 bits per heavy atom. The molecule has 0 spiro atoms. The summed E-state index contributed by atoms with van der Waals surface area (Å²) >= 11 is 0. The fourth-order valence-corrected chi connectivity index (χ4v) is 1.75. The van der Waals surface area contributed by atoms with Crippen molar-refractivity contribution in [2.24, 2.45) is 0 Å². The van der Waals surface area contributed by atoms with Crippen LogP contribution in [0.15, 0.2) is 42.5 Å². The maximum absolute atomic E-state index is 12.6. The Labute approximate surface area is 135 Å². The van der Waals surface area contributed by atoms with Gasteiger partial charge in [-0.1, -0.05) is 18.1 Å². The van der Waals surface area contributed by atoms with Gasteiger partial charge in [-0.3, -0.25) is 4.79 Å². The Morgan fingerprint density at radius 2 is 1.75 bits per heavy atom. The lowest BCUT2D eigenvalue weighted by Crippen LogP contribution is -2.08. The zero-order valence-electron chi connectivity index (χ0n) is 12.3. The largest absolute Gasteiger partial charge is 0.464 e. The summed E-state index contributed by atoms with van der Waals surface area (Å²) in [6.07, 6.45) is -4.49. The molecule has 0 amide bonds. The minimum atomic E-state index is -4.49. The zero-order chi connectivity index (χ0) is 17.7. The zero-order valence-corrected chi connectivity index (χ0v) is 12.3. The van der Waals surface area contributed by atoms with Gasteiger partial charge in [0.1, 0.15) is 11.4 Å². The highest BCUT2D eigenvalue weighted by Gasteiger charge is 2.30. The average molecular weight is 333 g/mol. The minimum Gasteiger partial charge on any atom is -0.464 e. The number of halogens is 3. The number of hydrogen-bond acceptors (Lipinski definition) is 4. The maximum Gasteiger partial charge on any atom is 0.416 e. The predicted octanol–water partition coefficient (Wildman–Crippen LogP) is 3.12. The molecule has 24 heavy (non-hydrogen) atoms. The van der Waals surface area contributed by atoms with Gasteiger partial charge < -0.3 is 4.74 Å². The van der Waals surface area contributed by atoms with E-state index in [1.54, 1.807) is 0 Å². The summed E-state index contributed by atoms with van der Waals surface area (Å²) in [7, 11) is 1.17. The number of pyridine rings is 1. The molecule has 0 bridgehead atoms. The third-order valence-corrected chi connectivity index (χ3v) is 2.89. The summed E-state index contributed by atoms with van der Waals surface area (Å²) in [6, 6.07) is 8.45. The first-order valence-electron chi connectivity index (χ1n) is 6.60. The predicted molar refractivity (Wildman–Crippen MR) is 78.2 cm³/mol. The number of ether oxygens (including phenoxy) is 1. The summed E-state index contributed by atoms with van der Waals surface area (Å²) in [5, 5.41) is 0. The van der Waals surface area contributed by atoms with Crippen molar-refractivity contribution in [2.45, 2.75) is 6.18 Å². The number of rotatable bonds is 2. The van der Waals surface area contributed by atoms with E-state index < -0.39 is 23.5 Å². The normalized spacial score (nSPS) is 10.5. The summed E-state index contributed by atoms with van der Waals surface area (Å²) in [6.45, 7) is 0. The number of alkyl halides is 3. The highest BCUT2D eigenvalue weighted by atomic mass is 19.4. The van der Waals surface area contributed by atoms with Crippen LogP contribution in [0.4, 0.5) is 13.2 Å². The molecule has 122 valence electrons. The second-order valence-corrected chi connectivity index (χ2v) is 4.56. The lowest BCUT2D eigenvalue weighted by molar-refractivity contribution is -0.137. The molecule has 1 aromatic carbocycles. The molecule has 1 heterocycles. The number of aromatic nitrogens is 1. The maximum atomic E-state index is 12.6. The van der Waals surface area contributed by atoms with E-state index in [1.807, 2.05) is 0 Å². The number of carbonyl (C=O) groups excluding carboxylic acids is 2. The number of Topliss-reactive ketones (excluding diaryl/α,β-unsaturated/α-hetero) is 1. The molecule has 0 aliphatic rings. The summed E-state index contributed by atoms with van der Waals surface area (Å²) in [5.41, 5.74) is -0.976. The van der Waals surface area contributed by atoms with Gasteiger partial charge in [-0.2, -0.15) is 13.2 Å². The summed E-state index contributed by atoms with van der Waals surface area (Å²) < 4.78 is 42.3. The van der Waals surface area contributed by atoms with Crippen LogP contribution in [0, 0.1) is 11.8 Å². The van der Waals surface area contributed by atoms with Crippen LogP contribution in [0.5, 0.6) is 0 Å². The Balaban J connectivity index is 2.26. The number of benzene rings is 1. The van der Waals surface area contributed by atoms with Crippen LogP contribution in [-0.4, -0.2) is 23.8 Å². The van der Waals surface area contributed by atoms with E-state index in [-0.39, 0.29) is 17.0 Å². The van der Waals surface area contributed by atoms with Crippen LogP contribution in [0.25, 0.3) is 0 Å². The molecule has 0 unspecified atom stereocenters. The smallest absolute Gasteiger partial charge is 0.416 e. The van der Waals surface area contributed by atoms with E-state index in [2.05, 4.69) is 21.6 Å². The first kappa shape index (κ1) is 17.2. The highest BCUT2D eigenvalue weighted by molar-refractivity contribution is 6.08. The molecule has 0 saturated heterocycles. The van der Waals surface area contributed by atoms with Crippen LogP contribution in [0.3, 0.4) is 0 Å². The Morgan fingerprint density at radius 3 is 2.42 bits per heavy atom. The van der Waals surface area contributed by atoms with Crippen molar-refractivity contribution >= 4 is 11.8 Å². The molecule has 4 nitrogen and oxygen atoms in total. The van der Waals surface area contributed by atoms with Crippen LogP contribution in [0.2, 0.25) is 0 Å². The molecule has 2 aromatic rings. The fraction of sp³-hybridized carbons (Fsp3) is 0.118. The van der Waals surface area contributed by atoms with Crippen molar-refractivity contribution in [3.8, 4) is 11.8 Å². The van der Waals surface area contributed by atoms with Crippen molar-refractivity contribution in [2.75, 3.05) is 7.11 Å². The van der Waals surface area contributed by atoms with Gasteiger partial charge in [0.05, 0.1) is 12.7 Å². The fourth-order valence-electron chi connectivity index (χ4n) is 1.75. The molecule has 0 aliphatic carbocycles. The van der Waals surface area contributed by atoms with Crippen molar-refractivity contribution in [1.29, 1.82) is 0 Å². The number of hydrogen-bond donors (Lipinski definition) is 0. The van der Waals surface area contributed by atoms with E-state index >= 15 is 0 Å². The number of methoxy groups -OCH3 is 1. The van der Waals surface area contributed by atoms with Gasteiger partial charge in [-0.15, -0.1) is 0 Å². The first-order chi connectivity index (χ1) is 11.3. The minimum absolute atomic E-state index is 0.0438. The first-order valence-corrected chi connectivity index (χ1v) is 6.60. The van der Waals surface area contributed by atoms with E-state index in [9.17, 15) is 22.8 Å². The molecule has 7 heteroatoms. The molecular formula is C17H10F3NO3. The lowest BCUT2D eigenvalue weighted by atomic mass is 10.1. The third-order valence-electron chi connectivity index (χ3n) is 2.89. The van der Waals surface area contributed by atoms with E-state index in [4.69, 9.17) is 0 Å². The molecule has 0 fully saturated rings. The van der Waals surface area contributed by atoms with E-state index in [1.165, 1.54) is 37.4 Å². The monoisotopic (exact) mass is 333 g/mol. The summed E-state index contributed by atoms with van der Waals surface area (Å²) in [4.78, 5) is 27.1. The van der Waals surface area contributed by atoms with Gasteiger partial charge in [0, 0.05) is 5.56 Å². The SMILES string of the molecule is COC(=O)c1cccc(C(=O)C#Cc2cccc(C(F)(F)F)c2)n1. The van der Waals surface area contributed by atoms with Gasteiger partial charge >= 0.3 is 12.1 Å². The van der Waals surface area contributed by atoms with Crippen LogP contribution in [-0.2, 0) is 10.9 Å². The van der Waals surface area contributed by atoms with E-state index in [0.717, 1.165) is 12.1 Å². The third kappa shape index (κ3) is 4.20. The van der Waals surface area contributed by atoms with Gasteiger partial charge in [-0.05, 0) is 36.3 Å². The number of ketones is 1. The Bertz CT molecular complexity index is 848. The lowest BCUT2D eigenvalue weighted by Gasteiger charge is -2.05. The molecule has 0 N–H and O–H groups in total. The molecule has 2 rings (SSSR count). The van der Waals surface area contributed by atoms with Gasteiger partial charge in [0.15, 0.2) is 0 Å². The number of esters is 1. The Kier molecular flexibility index (Phi) is 4.99. The van der Waals surface area contributed by atoms with Crippen molar-refractivity contribution in [3.63, 3.8) is 0 Å². The molecule has 0 saturated carbocycles. The highest BCUT2D eigenvalue weighted by Crippen LogP contribution is 2.29. The number of carbonyl (C=O) groups is 2. The topological polar surface area (TPSA) is 56.3 Å². The second kappa shape index (κ2) is 6.96. The molecule has 0 aliphatic heterocycles. The Hall–Kier alpha value is -3.14. The van der Waals surface area contributed by atoms with Crippen LogP contribution >= 0.6 is 0 Å². The molecular weight excluding hydrogens is 323 g/mol. The summed E-state index contributed by atoms with van der Waals surface area (Å²) in [5.74, 6) is 3.13. The van der Waals surface area contributed by atoms with Gasteiger partial charge in [0.2, 0.25) is 0 Å². The molecule has 0 atom stereocenters. The quantitative estimate of drug-likeness (QED) is 0.481. The second-order valence-electron chi connectivity index (χ2n) is 4.56. The van der Waals surface area contributed by atoms with E-state index in [0.29, 0.717) is 0 Å². The van der Waals surface area contributed by atoms with Crippen molar-refractivity contribution in [3.05, 3.63) is 65.0 Å². The van der Waals surface area contributed by atoms with Crippen LogP contribution in [0.1, 0.15) is 32.1 Å².